The molecule has 0 radical (unpaired) electrons. The zero-order valence-electron chi connectivity index (χ0n) is 19.4. The Morgan fingerprint density at radius 1 is 1.21 bits per heavy atom. The topological polar surface area (TPSA) is 105 Å². The minimum absolute atomic E-state index is 0.0906. The van der Waals surface area contributed by atoms with Gasteiger partial charge in [-0.2, -0.15) is 0 Å². The molecular weight excluding hydrogens is 422 g/mol. The Morgan fingerprint density at radius 2 is 1.91 bits per heavy atom. The number of hydrogen-bond acceptors (Lipinski definition) is 6. The highest BCUT2D eigenvalue weighted by molar-refractivity contribution is 5.99. The van der Waals surface area contributed by atoms with Gasteiger partial charge >= 0.3 is 6.09 Å². The van der Waals surface area contributed by atoms with Crippen molar-refractivity contribution in [1.29, 1.82) is 0 Å². The van der Waals surface area contributed by atoms with Gasteiger partial charge in [0.2, 0.25) is 11.9 Å². The summed E-state index contributed by atoms with van der Waals surface area (Å²) in [6.07, 6.45) is 4.53. The molecule has 3 rings (SSSR count). The molecule has 1 fully saturated rings. The second kappa shape index (κ2) is 9.81. The van der Waals surface area contributed by atoms with Crippen LogP contribution in [0.2, 0.25) is 0 Å². The van der Waals surface area contributed by atoms with Crippen LogP contribution in [0.15, 0.2) is 49.3 Å². The summed E-state index contributed by atoms with van der Waals surface area (Å²) in [5, 5.41) is 2.49. The van der Waals surface area contributed by atoms with Crippen LogP contribution in [-0.2, 0) is 9.53 Å². The molecule has 1 aromatic carbocycles. The molecule has 9 heteroatoms. The molecule has 1 N–H and O–H groups in total. The first-order valence-electron chi connectivity index (χ1n) is 10.7. The van der Waals surface area contributed by atoms with Crippen LogP contribution in [0.25, 0.3) is 11.1 Å². The quantitative estimate of drug-likeness (QED) is 0.699. The standard InChI is InChI=1S/C24H29N5O4/c1-6-8-19-21(31)28(5)11-12-29(19)20(30)17-10-7-9-16(13-17)18-14-25-22(26-15-18)27-23(32)33-24(2,3)4/h6-7,9-10,13-15,19H,1,8,11-12H2,2-5H3,(H,25,26,27,32). The maximum Gasteiger partial charge on any atom is 0.414 e. The lowest BCUT2D eigenvalue weighted by atomic mass is 10.0. The molecule has 1 saturated heterocycles. The van der Waals surface area contributed by atoms with Crippen molar-refractivity contribution in [2.24, 2.45) is 0 Å². The number of rotatable bonds is 5. The highest BCUT2D eigenvalue weighted by Crippen LogP contribution is 2.23. The molecule has 2 aromatic rings. The molecule has 33 heavy (non-hydrogen) atoms. The molecule has 2 heterocycles. The van der Waals surface area contributed by atoms with Crippen LogP contribution in [0.3, 0.4) is 0 Å². The van der Waals surface area contributed by atoms with Gasteiger partial charge in [0.05, 0.1) is 0 Å². The fourth-order valence-corrected chi connectivity index (χ4v) is 3.47. The number of anilines is 1. The van der Waals surface area contributed by atoms with E-state index in [1.807, 2.05) is 6.07 Å². The fourth-order valence-electron chi connectivity index (χ4n) is 3.47. The van der Waals surface area contributed by atoms with Gasteiger partial charge in [-0.3, -0.25) is 14.9 Å². The van der Waals surface area contributed by atoms with E-state index in [-0.39, 0.29) is 17.8 Å². The van der Waals surface area contributed by atoms with Crippen LogP contribution >= 0.6 is 0 Å². The fraction of sp³-hybridized carbons (Fsp3) is 0.375. The highest BCUT2D eigenvalue weighted by Gasteiger charge is 2.35. The lowest BCUT2D eigenvalue weighted by Crippen LogP contribution is -2.57. The van der Waals surface area contributed by atoms with Crippen molar-refractivity contribution in [3.63, 3.8) is 0 Å². The number of piperazine rings is 1. The number of nitrogens with one attached hydrogen (secondary N) is 1. The van der Waals surface area contributed by atoms with Crippen molar-refractivity contribution in [1.82, 2.24) is 19.8 Å². The average molecular weight is 452 g/mol. The number of benzene rings is 1. The van der Waals surface area contributed by atoms with Crippen molar-refractivity contribution in [2.45, 2.75) is 38.8 Å². The van der Waals surface area contributed by atoms with E-state index >= 15 is 0 Å². The summed E-state index contributed by atoms with van der Waals surface area (Å²) in [5.41, 5.74) is 1.26. The molecule has 0 spiro atoms. The normalized spacial score (nSPS) is 16.4. The van der Waals surface area contributed by atoms with Crippen LogP contribution in [-0.4, -0.2) is 69.5 Å². The molecule has 174 valence electrons. The Kier molecular flexibility index (Phi) is 7.10. The molecule has 0 bridgehead atoms. The third-order valence-corrected chi connectivity index (χ3v) is 5.07. The van der Waals surface area contributed by atoms with Crippen molar-refractivity contribution in [3.8, 4) is 11.1 Å². The molecule has 3 amide bonds. The van der Waals surface area contributed by atoms with Gasteiger partial charge in [0, 0.05) is 43.7 Å². The number of likely N-dealkylation sites (N-methyl/N-ethyl adjacent to an activating group) is 1. The van der Waals surface area contributed by atoms with Crippen LogP contribution in [0.1, 0.15) is 37.6 Å². The summed E-state index contributed by atoms with van der Waals surface area (Å²) in [6.45, 7) is 9.96. The number of ether oxygens (including phenoxy) is 1. The maximum absolute atomic E-state index is 13.2. The van der Waals surface area contributed by atoms with Gasteiger partial charge in [0.15, 0.2) is 0 Å². The van der Waals surface area contributed by atoms with E-state index in [1.54, 1.807) is 74.3 Å². The first kappa shape index (κ1) is 23.9. The van der Waals surface area contributed by atoms with Crippen molar-refractivity contribution < 1.29 is 19.1 Å². The van der Waals surface area contributed by atoms with E-state index in [9.17, 15) is 14.4 Å². The van der Waals surface area contributed by atoms with Gasteiger partial charge in [0.25, 0.3) is 5.91 Å². The first-order chi connectivity index (χ1) is 15.6. The lowest BCUT2D eigenvalue weighted by Gasteiger charge is -2.38. The summed E-state index contributed by atoms with van der Waals surface area (Å²) in [6, 6.07) is 6.52. The summed E-state index contributed by atoms with van der Waals surface area (Å²) in [4.78, 5) is 49.3. The molecule has 1 aliphatic heterocycles. The van der Waals surface area contributed by atoms with Crippen LogP contribution in [0, 0.1) is 0 Å². The predicted molar refractivity (Wildman–Crippen MR) is 125 cm³/mol. The van der Waals surface area contributed by atoms with Gasteiger partial charge in [-0.15, -0.1) is 6.58 Å². The van der Waals surface area contributed by atoms with Crippen LogP contribution in [0.5, 0.6) is 0 Å². The number of carbonyl (C=O) groups is 3. The Balaban J connectivity index is 1.76. The van der Waals surface area contributed by atoms with Crippen molar-refractivity contribution in [3.05, 3.63) is 54.9 Å². The third-order valence-electron chi connectivity index (χ3n) is 5.07. The molecule has 0 saturated carbocycles. The largest absolute Gasteiger partial charge is 0.444 e. The predicted octanol–water partition coefficient (Wildman–Crippen LogP) is 3.35. The third kappa shape index (κ3) is 5.94. The number of carbonyl (C=O) groups excluding carboxylic acids is 3. The molecular formula is C24H29N5O4. The summed E-state index contributed by atoms with van der Waals surface area (Å²) >= 11 is 0. The number of aromatic nitrogens is 2. The van der Waals surface area contributed by atoms with E-state index < -0.39 is 17.7 Å². The number of nitrogens with zero attached hydrogens (tertiary/aromatic N) is 4. The van der Waals surface area contributed by atoms with Crippen LogP contribution < -0.4 is 5.32 Å². The van der Waals surface area contributed by atoms with Crippen molar-refractivity contribution in [2.75, 3.05) is 25.5 Å². The highest BCUT2D eigenvalue weighted by atomic mass is 16.6. The summed E-state index contributed by atoms with van der Waals surface area (Å²) < 4.78 is 5.19. The summed E-state index contributed by atoms with van der Waals surface area (Å²) in [5.74, 6) is -0.190. The maximum atomic E-state index is 13.2. The van der Waals surface area contributed by atoms with Gasteiger partial charge in [0.1, 0.15) is 11.6 Å². The van der Waals surface area contributed by atoms with E-state index in [1.165, 1.54) is 0 Å². The minimum atomic E-state index is -0.640. The second-order valence-corrected chi connectivity index (χ2v) is 8.80. The molecule has 1 aromatic heterocycles. The molecule has 0 aliphatic carbocycles. The van der Waals surface area contributed by atoms with Crippen molar-refractivity contribution >= 4 is 23.9 Å². The number of amides is 3. The van der Waals surface area contributed by atoms with E-state index in [4.69, 9.17) is 4.74 Å². The zero-order chi connectivity index (χ0) is 24.2. The average Bonchev–Trinajstić information content (AvgIpc) is 2.76. The van der Waals surface area contributed by atoms with Gasteiger partial charge in [-0.05, 0) is 44.9 Å². The monoisotopic (exact) mass is 451 g/mol. The van der Waals surface area contributed by atoms with Gasteiger partial charge < -0.3 is 14.5 Å². The minimum Gasteiger partial charge on any atom is -0.444 e. The Hall–Kier alpha value is -3.75. The zero-order valence-corrected chi connectivity index (χ0v) is 19.4. The molecule has 1 aliphatic rings. The van der Waals surface area contributed by atoms with Crippen LogP contribution in [0.4, 0.5) is 10.7 Å². The number of hydrogen-bond donors (Lipinski definition) is 1. The molecule has 9 nitrogen and oxygen atoms in total. The van der Waals surface area contributed by atoms with E-state index in [0.29, 0.717) is 30.6 Å². The Labute approximate surface area is 193 Å². The SMILES string of the molecule is C=CCC1C(=O)N(C)CCN1C(=O)c1cccc(-c2cnc(NC(=O)OC(C)(C)C)nc2)c1. The van der Waals surface area contributed by atoms with E-state index in [2.05, 4.69) is 21.9 Å². The lowest BCUT2D eigenvalue weighted by molar-refractivity contribution is -0.138. The molecule has 1 atom stereocenters. The smallest absolute Gasteiger partial charge is 0.414 e. The first-order valence-corrected chi connectivity index (χ1v) is 10.7. The molecule has 1 unspecified atom stereocenters. The van der Waals surface area contributed by atoms with E-state index in [0.717, 1.165) is 5.56 Å². The Bertz CT molecular complexity index is 1050. The van der Waals surface area contributed by atoms with Gasteiger partial charge in [-0.25, -0.2) is 14.8 Å². The Morgan fingerprint density at radius 3 is 2.55 bits per heavy atom. The summed E-state index contributed by atoms with van der Waals surface area (Å²) in [7, 11) is 1.74. The van der Waals surface area contributed by atoms with Gasteiger partial charge in [-0.1, -0.05) is 18.2 Å². The second-order valence-electron chi connectivity index (χ2n) is 8.80.